The number of rotatable bonds is 3. The Morgan fingerprint density at radius 3 is 3.00 bits per heavy atom. The third kappa shape index (κ3) is 2.22. The zero-order valence-corrected chi connectivity index (χ0v) is 9.37. The summed E-state index contributed by atoms with van der Waals surface area (Å²) in [5.41, 5.74) is 6.69. The minimum atomic E-state index is 0.382. The molecule has 0 radical (unpaired) electrons. The Hall–Kier alpha value is -1.26. The van der Waals surface area contributed by atoms with Gasteiger partial charge in [-0.1, -0.05) is 6.92 Å². The Bertz CT molecular complexity index is 424. The predicted octanol–water partition coefficient (Wildman–Crippen LogP) is 2.27. The molecular weight excluding hydrogens is 206 g/mol. The first-order chi connectivity index (χ1) is 7.31. The number of nitrogens with two attached hydrogens (primary N) is 1. The van der Waals surface area contributed by atoms with Crippen molar-refractivity contribution in [2.75, 3.05) is 6.54 Å². The maximum absolute atomic E-state index is 5.62. The van der Waals surface area contributed by atoms with Crippen LogP contribution < -0.4 is 5.73 Å². The van der Waals surface area contributed by atoms with E-state index in [0.717, 1.165) is 10.6 Å². The molecule has 0 bridgehead atoms. The Labute approximate surface area is 93.0 Å². The predicted molar refractivity (Wildman–Crippen MR) is 62.8 cm³/mol. The molecular formula is C11H13N3S. The minimum absolute atomic E-state index is 0.382. The molecule has 2 aromatic rings. The average molecular weight is 219 g/mol. The SMILES string of the molecule is CC(CN)c1cnc(-c2cccnc2)s1. The van der Waals surface area contributed by atoms with E-state index in [0.29, 0.717) is 12.5 Å². The van der Waals surface area contributed by atoms with Crippen molar-refractivity contribution in [3.63, 3.8) is 0 Å². The zero-order chi connectivity index (χ0) is 10.7. The molecule has 2 N–H and O–H groups in total. The first kappa shape index (κ1) is 10.3. The normalized spacial score (nSPS) is 12.7. The van der Waals surface area contributed by atoms with E-state index in [1.54, 1.807) is 17.5 Å². The summed E-state index contributed by atoms with van der Waals surface area (Å²) in [7, 11) is 0. The van der Waals surface area contributed by atoms with Crippen molar-refractivity contribution in [2.24, 2.45) is 5.73 Å². The zero-order valence-electron chi connectivity index (χ0n) is 8.55. The van der Waals surface area contributed by atoms with Gasteiger partial charge in [-0.15, -0.1) is 11.3 Å². The molecule has 4 heteroatoms. The molecule has 0 aromatic carbocycles. The van der Waals surface area contributed by atoms with Gasteiger partial charge in [-0.25, -0.2) is 4.98 Å². The third-order valence-corrected chi connectivity index (χ3v) is 3.55. The fourth-order valence-electron chi connectivity index (χ4n) is 1.25. The summed E-state index contributed by atoms with van der Waals surface area (Å²) in [6, 6.07) is 3.94. The Morgan fingerprint density at radius 2 is 2.33 bits per heavy atom. The highest BCUT2D eigenvalue weighted by atomic mass is 32.1. The number of thiazole rings is 1. The summed E-state index contributed by atoms with van der Waals surface area (Å²) < 4.78 is 0. The minimum Gasteiger partial charge on any atom is -0.330 e. The Balaban J connectivity index is 2.28. The van der Waals surface area contributed by atoms with Gasteiger partial charge in [-0.05, 0) is 18.7 Å². The molecule has 0 amide bonds. The Kier molecular flexibility index (Phi) is 3.08. The number of pyridine rings is 1. The number of nitrogens with zero attached hydrogens (tertiary/aromatic N) is 2. The number of hydrogen-bond donors (Lipinski definition) is 1. The molecule has 2 heterocycles. The summed E-state index contributed by atoms with van der Waals surface area (Å²) in [4.78, 5) is 9.69. The van der Waals surface area contributed by atoms with E-state index >= 15 is 0 Å². The van der Waals surface area contributed by atoms with E-state index in [1.165, 1.54) is 4.88 Å². The summed E-state index contributed by atoms with van der Waals surface area (Å²) in [5, 5.41) is 1.01. The van der Waals surface area contributed by atoms with Crippen LogP contribution in [0.4, 0.5) is 0 Å². The van der Waals surface area contributed by atoms with Crippen molar-refractivity contribution >= 4 is 11.3 Å². The number of hydrogen-bond acceptors (Lipinski definition) is 4. The molecule has 15 heavy (non-hydrogen) atoms. The lowest BCUT2D eigenvalue weighted by atomic mass is 10.2. The van der Waals surface area contributed by atoms with Gasteiger partial charge in [-0.2, -0.15) is 0 Å². The quantitative estimate of drug-likeness (QED) is 0.861. The van der Waals surface area contributed by atoms with E-state index in [-0.39, 0.29) is 0 Å². The molecule has 0 fully saturated rings. The molecule has 0 saturated heterocycles. The molecule has 3 nitrogen and oxygen atoms in total. The second-order valence-corrected chi connectivity index (χ2v) is 4.51. The molecule has 0 aliphatic heterocycles. The molecule has 1 unspecified atom stereocenters. The van der Waals surface area contributed by atoms with Gasteiger partial charge in [0.05, 0.1) is 0 Å². The van der Waals surface area contributed by atoms with Crippen LogP contribution >= 0.6 is 11.3 Å². The molecule has 2 rings (SSSR count). The van der Waals surface area contributed by atoms with Gasteiger partial charge < -0.3 is 5.73 Å². The van der Waals surface area contributed by atoms with E-state index in [9.17, 15) is 0 Å². The van der Waals surface area contributed by atoms with Gasteiger partial charge in [-0.3, -0.25) is 4.98 Å². The average Bonchev–Trinajstić information content (AvgIpc) is 2.78. The smallest absolute Gasteiger partial charge is 0.125 e. The fraction of sp³-hybridized carbons (Fsp3) is 0.273. The van der Waals surface area contributed by atoms with E-state index < -0.39 is 0 Å². The summed E-state index contributed by atoms with van der Waals surface area (Å²) in [5.74, 6) is 0.382. The molecule has 2 aromatic heterocycles. The summed E-state index contributed by atoms with van der Waals surface area (Å²) in [6.45, 7) is 2.77. The molecule has 1 atom stereocenters. The lowest BCUT2D eigenvalue weighted by Crippen LogP contribution is -2.07. The first-order valence-electron chi connectivity index (χ1n) is 4.87. The van der Waals surface area contributed by atoms with E-state index in [4.69, 9.17) is 5.73 Å². The fourth-order valence-corrected chi connectivity index (χ4v) is 2.22. The lowest BCUT2D eigenvalue weighted by Gasteiger charge is -2.02. The van der Waals surface area contributed by atoms with Crippen molar-refractivity contribution in [3.8, 4) is 10.6 Å². The van der Waals surface area contributed by atoms with Crippen LogP contribution in [0.15, 0.2) is 30.7 Å². The van der Waals surface area contributed by atoms with Gasteiger partial charge >= 0.3 is 0 Å². The lowest BCUT2D eigenvalue weighted by molar-refractivity contribution is 0.787. The van der Waals surface area contributed by atoms with Crippen molar-refractivity contribution in [3.05, 3.63) is 35.6 Å². The molecule has 0 spiro atoms. The largest absolute Gasteiger partial charge is 0.330 e. The first-order valence-corrected chi connectivity index (χ1v) is 5.69. The van der Waals surface area contributed by atoms with Gasteiger partial charge in [0, 0.05) is 34.9 Å². The highest BCUT2D eigenvalue weighted by molar-refractivity contribution is 7.15. The summed E-state index contributed by atoms with van der Waals surface area (Å²) >= 11 is 1.69. The monoisotopic (exact) mass is 219 g/mol. The highest BCUT2D eigenvalue weighted by Crippen LogP contribution is 2.28. The second-order valence-electron chi connectivity index (χ2n) is 3.45. The molecule has 0 aliphatic carbocycles. The van der Waals surface area contributed by atoms with Crippen LogP contribution in [0.1, 0.15) is 17.7 Å². The van der Waals surface area contributed by atoms with Crippen molar-refractivity contribution in [2.45, 2.75) is 12.8 Å². The van der Waals surface area contributed by atoms with Gasteiger partial charge in [0.2, 0.25) is 0 Å². The number of aromatic nitrogens is 2. The maximum Gasteiger partial charge on any atom is 0.125 e. The van der Waals surface area contributed by atoms with Crippen LogP contribution in [-0.4, -0.2) is 16.5 Å². The standard InChI is InChI=1S/C11H13N3S/c1-8(5-12)10-7-14-11(15-10)9-3-2-4-13-6-9/h2-4,6-8H,5,12H2,1H3. The van der Waals surface area contributed by atoms with Crippen molar-refractivity contribution < 1.29 is 0 Å². The Morgan fingerprint density at radius 1 is 1.47 bits per heavy atom. The summed E-state index contributed by atoms with van der Waals surface area (Å²) in [6.07, 6.45) is 5.50. The van der Waals surface area contributed by atoms with Crippen LogP contribution in [0.25, 0.3) is 10.6 Å². The molecule has 0 saturated carbocycles. The van der Waals surface area contributed by atoms with Crippen LogP contribution in [0.5, 0.6) is 0 Å². The van der Waals surface area contributed by atoms with Crippen LogP contribution in [-0.2, 0) is 0 Å². The van der Waals surface area contributed by atoms with Gasteiger partial charge in [0.25, 0.3) is 0 Å². The third-order valence-electron chi connectivity index (χ3n) is 2.27. The second kappa shape index (κ2) is 4.51. The highest BCUT2D eigenvalue weighted by Gasteiger charge is 2.09. The van der Waals surface area contributed by atoms with E-state index in [1.807, 2.05) is 24.5 Å². The van der Waals surface area contributed by atoms with E-state index in [2.05, 4.69) is 16.9 Å². The van der Waals surface area contributed by atoms with Crippen LogP contribution in [0.2, 0.25) is 0 Å². The van der Waals surface area contributed by atoms with Gasteiger partial charge in [0.15, 0.2) is 0 Å². The topological polar surface area (TPSA) is 51.8 Å². The van der Waals surface area contributed by atoms with Crippen LogP contribution in [0, 0.1) is 0 Å². The van der Waals surface area contributed by atoms with Crippen molar-refractivity contribution in [1.82, 2.24) is 9.97 Å². The van der Waals surface area contributed by atoms with Crippen molar-refractivity contribution in [1.29, 1.82) is 0 Å². The van der Waals surface area contributed by atoms with Gasteiger partial charge in [0.1, 0.15) is 5.01 Å². The van der Waals surface area contributed by atoms with Crippen LogP contribution in [0.3, 0.4) is 0 Å². The maximum atomic E-state index is 5.62. The molecule has 78 valence electrons. The molecule has 0 aliphatic rings.